The van der Waals surface area contributed by atoms with Crippen LogP contribution in [0.15, 0.2) is 6.20 Å². The minimum absolute atomic E-state index is 0.0333. The predicted molar refractivity (Wildman–Crippen MR) is 50.0 cm³/mol. The van der Waals surface area contributed by atoms with Gasteiger partial charge >= 0.3 is 5.97 Å². The third-order valence-corrected chi connectivity index (χ3v) is 2.10. The number of hydrogen-bond acceptors (Lipinski definition) is 3. The Bertz CT molecular complexity index is 467. The van der Waals surface area contributed by atoms with Gasteiger partial charge < -0.3 is 5.11 Å². The zero-order valence-electron chi connectivity index (χ0n) is 8.37. The van der Waals surface area contributed by atoms with E-state index in [4.69, 9.17) is 10.4 Å². The number of hydrogen-bond donors (Lipinski definition) is 1. The van der Waals surface area contributed by atoms with Gasteiger partial charge in [-0.15, -0.1) is 0 Å². The monoisotopic (exact) mass is 226 g/mol. The number of carboxylic acid groups (broad SMARTS) is 1. The first-order valence-corrected chi connectivity index (χ1v) is 4.35. The lowest BCUT2D eigenvalue weighted by atomic mass is 9.99. The molecule has 0 amide bonds. The number of halogens is 2. The maximum atomic E-state index is 12.7. The van der Waals surface area contributed by atoms with E-state index in [1.165, 1.54) is 19.2 Å². The zero-order valence-corrected chi connectivity index (χ0v) is 8.37. The summed E-state index contributed by atoms with van der Waals surface area (Å²) in [4.78, 5) is 14.1. The first kappa shape index (κ1) is 12.0. The Morgan fingerprint density at radius 2 is 2.31 bits per heavy atom. The van der Waals surface area contributed by atoms with E-state index in [0.717, 1.165) is 0 Å². The van der Waals surface area contributed by atoms with Crippen LogP contribution in [-0.4, -0.2) is 16.1 Å². The van der Waals surface area contributed by atoms with Crippen LogP contribution in [0.3, 0.4) is 0 Å². The Morgan fingerprint density at radius 1 is 1.69 bits per heavy atom. The van der Waals surface area contributed by atoms with Crippen LogP contribution in [0.4, 0.5) is 8.78 Å². The fourth-order valence-corrected chi connectivity index (χ4v) is 1.37. The number of aliphatic carboxylic acids is 1. The Labute approximate surface area is 90.2 Å². The lowest BCUT2D eigenvalue weighted by Gasteiger charge is -2.10. The van der Waals surface area contributed by atoms with Crippen molar-refractivity contribution in [2.45, 2.75) is 19.8 Å². The van der Waals surface area contributed by atoms with Gasteiger partial charge in [-0.2, -0.15) is 5.26 Å². The molecule has 0 atom stereocenters. The number of pyridine rings is 1. The van der Waals surface area contributed by atoms with Crippen LogP contribution in [0.1, 0.15) is 28.8 Å². The van der Waals surface area contributed by atoms with Crippen molar-refractivity contribution < 1.29 is 18.7 Å². The molecule has 0 saturated heterocycles. The summed E-state index contributed by atoms with van der Waals surface area (Å²) in [6.45, 7) is 1.48. The normalized spacial score (nSPS) is 10.2. The molecule has 1 aromatic rings. The molecule has 1 heterocycles. The van der Waals surface area contributed by atoms with Gasteiger partial charge in [-0.05, 0) is 18.1 Å². The summed E-state index contributed by atoms with van der Waals surface area (Å²) in [6, 6.07) is 1.53. The molecule has 0 saturated carbocycles. The summed E-state index contributed by atoms with van der Waals surface area (Å²) in [5.74, 6) is -1.22. The molecule has 84 valence electrons. The van der Waals surface area contributed by atoms with Crippen molar-refractivity contribution in [3.63, 3.8) is 0 Å². The van der Waals surface area contributed by atoms with Gasteiger partial charge in [-0.25, -0.2) is 13.8 Å². The minimum atomic E-state index is -2.91. The number of carbonyl (C=O) groups is 1. The second-order valence-corrected chi connectivity index (χ2v) is 3.17. The van der Waals surface area contributed by atoms with Gasteiger partial charge in [0.1, 0.15) is 11.8 Å². The molecule has 6 heteroatoms. The SMILES string of the molecule is Cc1cnc(C#N)c(C(F)F)c1CC(=O)O. The molecule has 0 aliphatic heterocycles. The highest BCUT2D eigenvalue weighted by molar-refractivity contribution is 5.71. The van der Waals surface area contributed by atoms with Gasteiger partial charge in [0.25, 0.3) is 6.43 Å². The lowest BCUT2D eigenvalue weighted by molar-refractivity contribution is -0.136. The number of rotatable bonds is 3. The molecular weight excluding hydrogens is 218 g/mol. The van der Waals surface area contributed by atoms with Crippen LogP contribution in [-0.2, 0) is 11.2 Å². The van der Waals surface area contributed by atoms with Crippen molar-refractivity contribution in [3.8, 4) is 6.07 Å². The third-order valence-electron chi connectivity index (χ3n) is 2.10. The molecular formula is C10H8F2N2O2. The van der Waals surface area contributed by atoms with Crippen LogP contribution in [0.25, 0.3) is 0 Å². The summed E-state index contributed by atoms with van der Waals surface area (Å²) in [5.41, 5.74) is -0.687. The van der Waals surface area contributed by atoms with E-state index in [-0.39, 0.29) is 5.56 Å². The van der Waals surface area contributed by atoms with Crippen LogP contribution in [0.2, 0.25) is 0 Å². The van der Waals surface area contributed by atoms with E-state index >= 15 is 0 Å². The molecule has 0 unspecified atom stereocenters. The van der Waals surface area contributed by atoms with E-state index in [1.54, 1.807) is 0 Å². The van der Waals surface area contributed by atoms with Crippen molar-refractivity contribution in [1.29, 1.82) is 5.26 Å². The zero-order chi connectivity index (χ0) is 12.3. The van der Waals surface area contributed by atoms with Crippen molar-refractivity contribution >= 4 is 5.97 Å². The average Bonchev–Trinajstić information content (AvgIpc) is 2.19. The minimum Gasteiger partial charge on any atom is -0.481 e. The van der Waals surface area contributed by atoms with Gasteiger partial charge in [0, 0.05) is 6.20 Å². The van der Waals surface area contributed by atoms with E-state index in [0.29, 0.717) is 5.56 Å². The molecule has 1 aromatic heterocycles. The quantitative estimate of drug-likeness (QED) is 0.853. The molecule has 0 spiro atoms. The maximum Gasteiger partial charge on any atom is 0.307 e. The van der Waals surface area contributed by atoms with Crippen LogP contribution in [0.5, 0.6) is 0 Å². The molecule has 0 aliphatic carbocycles. The van der Waals surface area contributed by atoms with Crippen molar-refractivity contribution in [2.24, 2.45) is 0 Å². The number of carboxylic acids is 1. The number of nitriles is 1. The van der Waals surface area contributed by atoms with Gasteiger partial charge in [-0.3, -0.25) is 4.79 Å². The maximum absolute atomic E-state index is 12.7. The Kier molecular flexibility index (Phi) is 3.51. The van der Waals surface area contributed by atoms with Crippen molar-refractivity contribution in [1.82, 2.24) is 4.98 Å². The summed E-state index contributed by atoms with van der Waals surface area (Å²) < 4.78 is 25.4. The van der Waals surface area contributed by atoms with Crippen molar-refractivity contribution in [3.05, 3.63) is 28.6 Å². The highest BCUT2D eigenvalue weighted by atomic mass is 19.3. The van der Waals surface area contributed by atoms with Gasteiger partial charge in [-0.1, -0.05) is 0 Å². The second-order valence-electron chi connectivity index (χ2n) is 3.17. The van der Waals surface area contributed by atoms with E-state index in [2.05, 4.69) is 4.98 Å². The molecule has 0 radical (unpaired) electrons. The fraction of sp³-hybridized carbons (Fsp3) is 0.300. The van der Waals surface area contributed by atoms with E-state index < -0.39 is 30.1 Å². The molecule has 0 fully saturated rings. The highest BCUT2D eigenvalue weighted by Gasteiger charge is 2.22. The first-order chi connectivity index (χ1) is 7.47. The largest absolute Gasteiger partial charge is 0.481 e. The number of aromatic nitrogens is 1. The van der Waals surface area contributed by atoms with Gasteiger partial charge in [0.15, 0.2) is 0 Å². The standard InChI is InChI=1S/C10H8F2N2O2/c1-5-4-14-7(3-13)9(10(11)12)6(5)2-8(15)16/h4,10H,2H2,1H3,(H,15,16). The molecule has 1 rings (SSSR count). The Hall–Kier alpha value is -2.03. The number of alkyl halides is 2. The number of aryl methyl sites for hydroxylation is 1. The van der Waals surface area contributed by atoms with Crippen molar-refractivity contribution in [2.75, 3.05) is 0 Å². The summed E-state index contributed by atoms with van der Waals surface area (Å²) in [6.07, 6.45) is -2.22. The fourth-order valence-electron chi connectivity index (χ4n) is 1.37. The molecule has 0 aliphatic rings. The lowest BCUT2D eigenvalue weighted by Crippen LogP contribution is -2.09. The van der Waals surface area contributed by atoms with Crippen LogP contribution in [0, 0.1) is 18.3 Å². The molecule has 0 bridgehead atoms. The highest BCUT2D eigenvalue weighted by Crippen LogP contribution is 2.27. The van der Waals surface area contributed by atoms with E-state index in [9.17, 15) is 13.6 Å². The topological polar surface area (TPSA) is 74.0 Å². The smallest absolute Gasteiger partial charge is 0.307 e. The van der Waals surface area contributed by atoms with Crippen LogP contribution < -0.4 is 0 Å². The number of nitrogens with zero attached hydrogens (tertiary/aromatic N) is 2. The summed E-state index contributed by atoms with van der Waals surface area (Å²) >= 11 is 0. The predicted octanol–water partition coefficient (Wildman–Crippen LogP) is 1.83. The first-order valence-electron chi connectivity index (χ1n) is 4.35. The Morgan fingerprint density at radius 3 is 2.75 bits per heavy atom. The molecule has 1 N–H and O–H groups in total. The second kappa shape index (κ2) is 4.66. The molecule has 0 aromatic carbocycles. The molecule has 4 nitrogen and oxygen atoms in total. The Balaban J connectivity index is 3.43. The summed E-state index contributed by atoms with van der Waals surface area (Å²) in [5, 5.41) is 17.2. The summed E-state index contributed by atoms with van der Waals surface area (Å²) in [7, 11) is 0. The van der Waals surface area contributed by atoms with Gasteiger partial charge in [0.05, 0.1) is 12.0 Å². The molecule has 16 heavy (non-hydrogen) atoms. The van der Waals surface area contributed by atoms with E-state index in [1.807, 2.05) is 0 Å². The van der Waals surface area contributed by atoms with Crippen LogP contribution >= 0.6 is 0 Å². The average molecular weight is 226 g/mol. The third kappa shape index (κ3) is 2.31. The van der Waals surface area contributed by atoms with Gasteiger partial charge in [0.2, 0.25) is 0 Å².